The lowest BCUT2D eigenvalue weighted by Gasteiger charge is -2.16. The number of rotatable bonds is 5. The van der Waals surface area contributed by atoms with Crippen LogP contribution in [0.5, 0.6) is 5.75 Å². The first-order valence-electron chi connectivity index (χ1n) is 5.52. The maximum atomic E-state index is 13.3. The van der Waals surface area contributed by atoms with E-state index in [0.717, 1.165) is 12.8 Å². The first-order valence-corrected chi connectivity index (χ1v) is 6.69. The van der Waals surface area contributed by atoms with Gasteiger partial charge in [-0.25, -0.2) is 4.39 Å². The molecular formula is C12H13BrClFN2O. The van der Waals surface area contributed by atoms with Gasteiger partial charge in [0.25, 0.3) is 0 Å². The van der Waals surface area contributed by atoms with E-state index in [1.165, 1.54) is 12.1 Å². The first kappa shape index (κ1) is 13.6. The first-order chi connectivity index (χ1) is 8.42. The third-order valence-corrected chi connectivity index (χ3v) is 3.94. The fourth-order valence-corrected chi connectivity index (χ4v) is 2.55. The number of hydrogen-bond donors (Lipinski definition) is 2. The molecule has 0 heterocycles. The van der Waals surface area contributed by atoms with Crippen LogP contribution in [0.1, 0.15) is 19.3 Å². The molecule has 1 aliphatic rings. The van der Waals surface area contributed by atoms with Gasteiger partial charge in [0, 0.05) is 17.9 Å². The Morgan fingerprint density at radius 1 is 1.56 bits per heavy atom. The molecule has 98 valence electrons. The van der Waals surface area contributed by atoms with Crippen molar-refractivity contribution in [2.75, 3.05) is 6.61 Å². The van der Waals surface area contributed by atoms with Gasteiger partial charge in [0.2, 0.25) is 0 Å². The number of hydrogen-bond acceptors (Lipinski definition) is 2. The highest BCUT2D eigenvalue weighted by molar-refractivity contribution is 9.10. The zero-order valence-electron chi connectivity index (χ0n) is 9.60. The summed E-state index contributed by atoms with van der Waals surface area (Å²) >= 11 is 8.93. The molecule has 2 rings (SSSR count). The minimum absolute atomic E-state index is 0.0403. The van der Waals surface area contributed by atoms with Gasteiger partial charge < -0.3 is 10.5 Å². The Kier molecular flexibility index (Phi) is 3.82. The van der Waals surface area contributed by atoms with E-state index in [4.69, 9.17) is 27.5 Å². The second-order valence-electron chi connectivity index (χ2n) is 4.69. The lowest BCUT2D eigenvalue weighted by Crippen LogP contribution is -2.21. The van der Waals surface area contributed by atoms with E-state index in [1.54, 1.807) is 0 Å². The van der Waals surface area contributed by atoms with Crippen molar-refractivity contribution in [3.05, 3.63) is 27.4 Å². The molecule has 1 aromatic carbocycles. The van der Waals surface area contributed by atoms with E-state index in [1.807, 2.05) is 0 Å². The molecule has 0 unspecified atom stereocenters. The maximum Gasteiger partial charge on any atom is 0.145 e. The number of amidine groups is 1. The second-order valence-corrected chi connectivity index (χ2v) is 5.95. The molecule has 0 aromatic heterocycles. The molecule has 0 saturated heterocycles. The molecule has 1 saturated carbocycles. The fourth-order valence-electron chi connectivity index (χ4n) is 1.80. The van der Waals surface area contributed by atoms with E-state index < -0.39 is 5.82 Å². The van der Waals surface area contributed by atoms with E-state index in [2.05, 4.69) is 15.9 Å². The van der Waals surface area contributed by atoms with Gasteiger partial charge >= 0.3 is 0 Å². The van der Waals surface area contributed by atoms with Crippen molar-refractivity contribution in [2.24, 2.45) is 11.1 Å². The van der Waals surface area contributed by atoms with Gasteiger partial charge in [0.05, 0.1) is 21.9 Å². The molecule has 0 bridgehead atoms. The normalized spacial score (nSPS) is 16.4. The molecule has 0 atom stereocenters. The smallest absolute Gasteiger partial charge is 0.145 e. The summed E-state index contributed by atoms with van der Waals surface area (Å²) in [4.78, 5) is 0. The molecule has 1 fully saturated rings. The fraction of sp³-hybridized carbons (Fsp3) is 0.417. The van der Waals surface area contributed by atoms with Crippen LogP contribution in [0.25, 0.3) is 0 Å². The molecule has 1 aromatic rings. The summed E-state index contributed by atoms with van der Waals surface area (Å²) in [6.07, 6.45) is 2.50. The van der Waals surface area contributed by atoms with Crippen LogP contribution in [0.15, 0.2) is 16.6 Å². The Bertz CT molecular complexity index is 491. The van der Waals surface area contributed by atoms with Crippen LogP contribution in [0.3, 0.4) is 0 Å². The van der Waals surface area contributed by atoms with Gasteiger partial charge in [-0.05, 0) is 34.8 Å². The third-order valence-electron chi connectivity index (χ3n) is 3.03. The summed E-state index contributed by atoms with van der Waals surface area (Å²) in [5, 5.41) is 7.37. The summed E-state index contributed by atoms with van der Waals surface area (Å²) in [6, 6.07) is 2.73. The lowest BCUT2D eigenvalue weighted by molar-refractivity contribution is 0.236. The Balaban J connectivity index is 2.03. The molecule has 0 spiro atoms. The van der Waals surface area contributed by atoms with Crippen molar-refractivity contribution in [2.45, 2.75) is 19.3 Å². The Hall–Kier alpha value is -0.810. The lowest BCUT2D eigenvalue weighted by atomic mass is 10.0. The summed E-state index contributed by atoms with van der Waals surface area (Å²) < 4.78 is 19.5. The Morgan fingerprint density at radius 3 is 2.78 bits per heavy atom. The average Bonchev–Trinajstić information content (AvgIpc) is 3.01. The van der Waals surface area contributed by atoms with Gasteiger partial charge in [-0.15, -0.1) is 0 Å². The third kappa shape index (κ3) is 3.14. The van der Waals surface area contributed by atoms with Gasteiger partial charge in [0.1, 0.15) is 11.6 Å². The minimum Gasteiger partial charge on any atom is -0.492 e. The second kappa shape index (κ2) is 5.05. The monoisotopic (exact) mass is 334 g/mol. The Labute approximate surface area is 118 Å². The number of nitrogens with one attached hydrogen (secondary N) is 1. The molecule has 6 heteroatoms. The largest absolute Gasteiger partial charge is 0.492 e. The van der Waals surface area contributed by atoms with Crippen LogP contribution in [-0.4, -0.2) is 12.4 Å². The molecule has 0 aliphatic heterocycles. The molecule has 1 aliphatic carbocycles. The number of ether oxygens (including phenoxy) is 1. The molecule has 18 heavy (non-hydrogen) atoms. The van der Waals surface area contributed by atoms with Crippen molar-refractivity contribution < 1.29 is 9.13 Å². The van der Waals surface area contributed by atoms with Crippen molar-refractivity contribution in [3.8, 4) is 5.75 Å². The quantitative estimate of drug-likeness (QED) is 0.489. The van der Waals surface area contributed by atoms with Gasteiger partial charge in [-0.2, -0.15) is 0 Å². The van der Waals surface area contributed by atoms with Crippen LogP contribution in [-0.2, 0) is 0 Å². The van der Waals surface area contributed by atoms with Crippen molar-refractivity contribution in [1.29, 1.82) is 5.41 Å². The molecule has 3 nitrogen and oxygen atoms in total. The van der Waals surface area contributed by atoms with Gasteiger partial charge in [-0.1, -0.05) is 11.6 Å². The standard InChI is InChI=1S/C12H13BrClFN2O/c13-7-3-8(14)9(15)4-10(7)18-6-12(1-2-12)5-11(16)17/h3-4H,1-2,5-6H2,(H3,16,17). The van der Waals surface area contributed by atoms with Crippen molar-refractivity contribution >= 4 is 33.4 Å². The predicted molar refractivity (Wildman–Crippen MR) is 72.8 cm³/mol. The van der Waals surface area contributed by atoms with Gasteiger partial charge in [-0.3, -0.25) is 5.41 Å². The highest BCUT2D eigenvalue weighted by Crippen LogP contribution is 2.49. The molecule has 3 N–H and O–H groups in total. The summed E-state index contributed by atoms with van der Waals surface area (Å²) in [7, 11) is 0. The zero-order chi connectivity index (χ0) is 13.3. The van der Waals surface area contributed by atoms with Gasteiger partial charge in [0.15, 0.2) is 0 Å². The van der Waals surface area contributed by atoms with E-state index in [9.17, 15) is 4.39 Å². The van der Waals surface area contributed by atoms with Crippen LogP contribution in [0, 0.1) is 16.6 Å². The van der Waals surface area contributed by atoms with Crippen LogP contribution < -0.4 is 10.5 Å². The van der Waals surface area contributed by atoms with Crippen LogP contribution in [0.2, 0.25) is 5.02 Å². The predicted octanol–water partition coefficient (Wildman–Crippen LogP) is 3.73. The van der Waals surface area contributed by atoms with E-state index >= 15 is 0 Å². The highest BCUT2D eigenvalue weighted by atomic mass is 79.9. The summed E-state index contributed by atoms with van der Waals surface area (Å²) in [5.74, 6) is 0.0791. The van der Waals surface area contributed by atoms with E-state index in [-0.39, 0.29) is 16.3 Å². The number of benzene rings is 1. The SMILES string of the molecule is N=C(N)CC1(COc2cc(F)c(Cl)cc2Br)CC1. The molecule has 0 radical (unpaired) electrons. The summed E-state index contributed by atoms with van der Waals surface area (Å²) in [6.45, 7) is 0.437. The minimum atomic E-state index is -0.508. The Morgan fingerprint density at radius 2 is 2.22 bits per heavy atom. The molecule has 0 amide bonds. The number of halogens is 3. The topological polar surface area (TPSA) is 59.1 Å². The van der Waals surface area contributed by atoms with Crippen molar-refractivity contribution in [1.82, 2.24) is 0 Å². The van der Waals surface area contributed by atoms with E-state index in [0.29, 0.717) is 23.2 Å². The number of nitrogens with two attached hydrogens (primary N) is 1. The molecular weight excluding hydrogens is 322 g/mol. The maximum absolute atomic E-state index is 13.3. The summed E-state index contributed by atoms with van der Waals surface area (Å²) in [5.41, 5.74) is 5.36. The highest BCUT2D eigenvalue weighted by Gasteiger charge is 2.44. The average molecular weight is 336 g/mol. The van der Waals surface area contributed by atoms with Crippen LogP contribution in [0.4, 0.5) is 4.39 Å². The van der Waals surface area contributed by atoms with Crippen molar-refractivity contribution in [3.63, 3.8) is 0 Å². The van der Waals surface area contributed by atoms with Crippen LogP contribution >= 0.6 is 27.5 Å². The zero-order valence-corrected chi connectivity index (χ0v) is 11.9.